The van der Waals surface area contributed by atoms with Crippen LogP contribution in [0.4, 0.5) is 5.69 Å². The molecule has 0 aromatic heterocycles. The highest BCUT2D eigenvalue weighted by molar-refractivity contribution is 6.06. The molecule has 1 atom stereocenters. The van der Waals surface area contributed by atoms with Gasteiger partial charge in [-0.2, -0.15) is 0 Å². The van der Waals surface area contributed by atoms with Gasteiger partial charge in [-0.15, -0.1) is 0 Å². The molecule has 2 fully saturated rings. The van der Waals surface area contributed by atoms with E-state index in [2.05, 4.69) is 21.2 Å². The van der Waals surface area contributed by atoms with E-state index in [-0.39, 0.29) is 18.2 Å². The number of benzene rings is 2. The number of para-hydroxylation sites is 1. The molecule has 3 aliphatic heterocycles. The quantitative estimate of drug-likeness (QED) is 0.381. The molecule has 1 N–H and O–H groups in total. The van der Waals surface area contributed by atoms with Gasteiger partial charge in [0.15, 0.2) is 0 Å². The smallest absolute Gasteiger partial charge is 0.258 e. The van der Waals surface area contributed by atoms with E-state index in [1.165, 1.54) is 0 Å². The summed E-state index contributed by atoms with van der Waals surface area (Å²) in [6, 6.07) is 13.3. The molecule has 1 unspecified atom stereocenters. The van der Waals surface area contributed by atoms with Crippen LogP contribution in [-0.4, -0.2) is 80.0 Å². The number of methoxy groups -OCH3 is 1. The maximum atomic E-state index is 13.2. The second kappa shape index (κ2) is 11.9. The zero-order chi connectivity index (χ0) is 26.5. The third-order valence-electron chi connectivity index (χ3n) is 7.66. The van der Waals surface area contributed by atoms with Gasteiger partial charge in [-0.1, -0.05) is 18.2 Å². The third-order valence-corrected chi connectivity index (χ3v) is 7.66. The lowest BCUT2D eigenvalue weighted by Gasteiger charge is -2.36. The van der Waals surface area contributed by atoms with E-state index in [4.69, 9.17) is 9.47 Å². The van der Waals surface area contributed by atoms with Crippen LogP contribution >= 0.6 is 0 Å². The van der Waals surface area contributed by atoms with Gasteiger partial charge in [0.25, 0.3) is 5.91 Å². The lowest BCUT2D eigenvalue weighted by molar-refractivity contribution is -0.136. The molecule has 9 nitrogen and oxygen atoms in total. The van der Waals surface area contributed by atoms with Crippen LogP contribution in [0.1, 0.15) is 48.0 Å². The van der Waals surface area contributed by atoms with Crippen LogP contribution in [0, 0.1) is 0 Å². The second-order valence-corrected chi connectivity index (χ2v) is 10.1. The molecule has 0 saturated carbocycles. The molecule has 38 heavy (non-hydrogen) atoms. The molecule has 2 saturated heterocycles. The Hall–Kier alpha value is -3.59. The van der Waals surface area contributed by atoms with Crippen molar-refractivity contribution in [2.45, 2.75) is 44.7 Å². The summed E-state index contributed by atoms with van der Waals surface area (Å²) in [5.74, 6) is 0.571. The first-order chi connectivity index (χ1) is 18.5. The number of ether oxygens (including phenoxy) is 2. The molecule has 2 aromatic carbocycles. The topological polar surface area (TPSA) is 91.4 Å². The number of imide groups is 1. The van der Waals surface area contributed by atoms with Gasteiger partial charge in [0, 0.05) is 50.9 Å². The number of carbonyl (C=O) groups is 3. The summed E-state index contributed by atoms with van der Waals surface area (Å²) in [5.41, 5.74) is 2.43. The zero-order valence-corrected chi connectivity index (χ0v) is 22.0. The van der Waals surface area contributed by atoms with E-state index in [0.717, 1.165) is 75.6 Å². The van der Waals surface area contributed by atoms with Gasteiger partial charge >= 0.3 is 0 Å². The van der Waals surface area contributed by atoms with Crippen molar-refractivity contribution in [3.63, 3.8) is 0 Å². The number of rotatable bonds is 10. The number of piperazine rings is 1. The van der Waals surface area contributed by atoms with Crippen LogP contribution in [-0.2, 0) is 16.1 Å². The van der Waals surface area contributed by atoms with Gasteiger partial charge in [0.05, 0.1) is 19.3 Å². The molecule has 2 aromatic rings. The van der Waals surface area contributed by atoms with E-state index in [9.17, 15) is 14.4 Å². The first-order valence-electron chi connectivity index (χ1n) is 13.5. The van der Waals surface area contributed by atoms with Crippen molar-refractivity contribution in [1.82, 2.24) is 15.1 Å². The Morgan fingerprint density at radius 3 is 2.50 bits per heavy atom. The number of nitrogens with one attached hydrogen (secondary N) is 1. The highest BCUT2D eigenvalue weighted by atomic mass is 16.5. The summed E-state index contributed by atoms with van der Waals surface area (Å²) >= 11 is 0. The molecule has 3 heterocycles. The Balaban J connectivity index is 1.11. The number of anilines is 1. The molecular formula is C29H36N4O5. The van der Waals surface area contributed by atoms with Crippen LogP contribution in [0.3, 0.4) is 0 Å². The number of hydrogen-bond donors (Lipinski definition) is 1. The van der Waals surface area contributed by atoms with E-state index in [1.54, 1.807) is 12.0 Å². The summed E-state index contributed by atoms with van der Waals surface area (Å²) in [6.45, 7) is 5.97. The van der Waals surface area contributed by atoms with Crippen molar-refractivity contribution in [3.05, 3.63) is 53.6 Å². The molecule has 0 aliphatic carbocycles. The Morgan fingerprint density at radius 2 is 1.76 bits per heavy atom. The molecule has 3 amide bonds. The fourth-order valence-electron chi connectivity index (χ4n) is 5.55. The molecule has 0 bridgehead atoms. The third kappa shape index (κ3) is 5.78. The Morgan fingerprint density at radius 1 is 0.974 bits per heavy atom. The molecule has 5 rings (SSSR count). The van der Waals surface area contributed by atoms with E-state index in [1.807, 2.05) is 36.4 Å². The number of fused-ring (bicyclic) bond motifs is 1. The van der Waals surface area contributed by atoms with Crippen molar-refractivity contribution < 1.29 is 23.9 Å². The van der Waals surface area contributed by atoms with Crippen molar-refractivity contribution in [3.8, 4) is 11.5 Å². The van der Waals surface area contributed by atoms with E-state index in [0.29, 0.717) is 24.3 Å². The van der Waals surface area contributed by atoms with Gasteiger partial charge in [-0.3, -0.25) is 24.6 Å². The molecule has 0 spiro atoms. The normalized spacial score (nSPS) is 19.9. The Bertz CT molecular complexity index is 1160. The monoisotopic (exact) mass is 520 g/mol. The van der Waals surface area contributed by atoms with E-state index >= 15 is 0 Å². The minimum Gasteiger partial charge on any atom is -0.496 e. The summed E-state index contributed by atoms with van der Waals surface area (Å²) in [7, 11) is 1.57. The van der Waals surface area contributed by atoms with Gasteiger partial charge in [-0.05, 0) is 56.0 Å². The number of unbranched alkanes of at least 4 members (excludes halogenated alkanes) is 2. The number of nitrogens with zero attached hydrogens (tertiary/aromatic N) is 3. The fourth-order valence-corrected chi connectivity index (χ4v) is 5.55. The largest absolute Gasteiger partial charge is 0.496 e. The van der Waals surface area contributed by atoms with Crippen LogP contribution in [0.2, 0.25) is 0 Å². The minimum absolute atomic E-state index is 0.211. The lowest BCUT2D eigenvalue weighted by Crippen LogP contribution is -2.52. The maximum Gasteiger partial charge on any atom is 0.258 e. The first kappa shape index (κ1) is 26.0. The number of carbonyl (C=O) groups excluding carboxylic acids is 3. The second-order valence-electron chi connectivity index (χ2n) is 10.1. The highest BCUT2D eigenvalue weighted by Crippen LogP contribution is 2.37. The fraction of sp³-hybridized carbons (Fsp3) is 0.483. The SMILES string of the molecule is COc1cc(N2CCN(CCCCCOc3ccccc3)CC2)cc2c1C(=O)N(C1CCC(=O)NC1=O)C2. The van der Waals surface area contributed by atoms with Gasteiger partial charge in [0.2, 0.25) is 11.8 Å². The van der Waals surface area contributed by atoms with Crippen LogP contribution in [0.25, 0.3) is 0 Å². The number of piperidine rings is 1. The predicted molar refractivity (Wildman–Crippen MR) is 143 cm³/mol. The van der Waals surface area contributed by atoms with Crippen LogP contribution in [0.15, 0.2) is 42.5 Å². The Labute approximate surface area is 223 Å². The van der Waals surface area contributed by atoms with Crippen molar-refractivity contribution in [1.29, 1.82) is 0 Å². The average Bonchev–Trinajstić information content (AvgIpc) is 3.27. The van der Waals surface area contributed by atoms with Crippen molar-refractivity contribution in [2.24, 2.45) is 0 Å². The lowest BCUT2D eigenvalue weighted by atomic mass is 10.0. The standard InChI is InChI=1S/C29H36N4O5/c1-37-25-19-22(18-21-20-33(29(36)27(21)25)24-10-11-26(34)30-28(24)35)32-15-13-31(14-16-32)12-6-3-7-17-38-23-8-4-2-5-9-23/h2,4-5,8-9,18-19,24H,3,6-7,10-17,20H2,1H3,(H,30,34,35). The maximum absolute atomic E-state index is 13.2. The minimum atomic E-state index is -0.630. The molecule has 3 aliphatic rings. The van der Waals surface area contributed by atoms with Gasteiger partial charge in [-0.25, -0.2) is 0 Å². The van der Waals surface area contributed by atoms with Crippen molar-refractivity contribution in [2.75, 3.05) is 51.3 Å². The molecule has 202 valence electrons. The summed E-state index contributed by atoms with van der Waals surface area (Å²) < 4.78 is 11.4. The van der Waals surface area contributed by atoms with Gasteiger partial charge in [0.1, 0.15) is 17.5 Å². The average molecular weight is 521 g/mol. The molecule has 9 heteroatoms. The predicted octanol–water partition coefficient (Wildman–Crippen LogP) is 2.83. The first-order valence-corrected chi connectivity index (χ1v) is 13.5. The molecule has 0 radical (unpaired) electrons. The zero-order valence-electron chi connectivity index (χ0n) is 22.0. The van der Waals surface area contributed by atoms with Crippen LogP contribution < -0.4 is 19.7 Å². The summed E-state index contributed by atoms with van der Waals surface area (Å²) in [4.78, 5) is 43.6. The molecular weight excluding hydrogens is 484 g/mol. The highest BCUT2D eigenvalue weighted by Gasteiger charge is 2.41. The summed E-state index contributed by atoms with van der Waals surface area (Å²) in [6.07, 6.45) is 3.94. The summed E-state index contributed by atoms with van der Waals surface area (Å²) in [5, 5.41) is 2.36. The number of amides is 3. The van der Waals surface area contributed by atoms with Gasteiger partial charge < -0.3 is 19.3 Å². The van der Waals surface area contributed by atoms with Crippen molar-refractivity contribution >= 4 is 23.4 Å². The Kier molecular flexibility index (Phi) is 8.12. The van der Waals surface area contributed by atoms with Crippen LogP contribution in [0.5, 0.6) is 11.5 Å². The van der Waals surface area contributed by atoms with E-state index < -0.39 is 11.9 Å². The number of hydrogen-bond acceptors (Lipinski definition) is 7.